The number of ketones is 1. The van der Waals surface area contributed by atoms with E-state index in [0.29, 0.717) is 17.7 Å². The summed E-state index contributed by atoms with van der Waals surface area (Å²) in [7, 11) is 0. The molecule has 2 N–H and O–H groups in total. The molecule has 1 heterocycles. The number of phenolic OH excluding ortho intramolecular Hbond substituents is 2. The lowest BCUT2D eigenvalue weighted by Gasteiger charge is -2.27. The van der Waals surface area contributed by atoms with Crippen molar-refractivity contribution in [2.24, 2.45) is 5.92 Å². The standard InChI is InChI=1S/C14H14O5/c1-7-5-11(17)13-12(7)18-14(2,19-13)9-6-8(15)3-4-10(9)16/h3-4,6-7,15-16H,5H2,1-2H3. The monoisotopic (exact) mass is 262 g/mol. The third kappa shape index (κ3) is 1.65. The summed E-state index contributed by atoms with van der Waals surface area (Å²) >= 11 is 0. The molecule has 2 unspecified atom stereocenters. The Balaban J connectivity index is 2.00. The van der Waals surface area contributed by atoms with Gasteiger partial charge in [0.15, 0.2) is 5.76 Å². The molecule has 0 saturated heterocycles. The van der Waals surface area contributed by atoms with Gasteiger partial charge in [-0.2, -0.15) is 0 Å². The van der Waals surface area contributed by atoms with Gasteiger partial charge in [0.1, 0.15) is 11.5 Å². The van der Waals surface area contributed by atoms with Gasteiger partial charge in [0, 0.05) is 19.3 Å². The van der Waals surface area contributed by atoms with Gasteiger partial charge in [-0.15, -0.1) is 0 Å². The molecule has 5 nitrogen and oxygen atoms in total. The van der Waals surface area contributed by atoms with Crippen LogP contribution in [0.4, 0.5) is 0 Å². The van der Waals surface area contributed by atoms with Crippen LogP contribution in [0, 0.1) is 5.92 Å². The van der Waals surface area contributed by atoms with E-state index >= 15 is 0 Å². The van der Waals surface area contributed by atoms with Crippen molar-refractivity contribution in [3.63, 3.8) is 0 Å². The number of carbonyl (C=O) groups is 1. The Hall–Kier alpha value is -2.17. The van der Waals surface area contributed by atoms with E-state index in [-0.39, 0.29) is 29.0 Å². The number of hydrogen-bond acceptors (Lipinski definition) is 5. The topological polar surface area (TPSA) is 76.0 Å². The molecular weight excluding hydrogens is 248 g/mol. The lowest BCUT2D eigenvalue weighted by Crippen LogP contribution is -2.26. The van der Waals surface area contributed by atoms with Crippen molar-refractivity contribution in [2.75, 3.05) is 0 Å². The van der Waals surface area contributed by atoms with E-state index in [4.69, 9.17) is 9.47 Å². The Kier molecular flexibility index (Phi) is 2.29. The molecule has 3 rings (SSSR count). The molecule has 2 aliphatic rings. The summed E-state index contributed by atoms with van der Waals surface area (Å²) < 4.78 is 11.4. The van der Waals surface area contributed by atoms with Gasteiger partial charge in [0.25, 0.3) is 5.79 Å². The van der Waals surface area contributed by atoms with Crippen molar-refractivity contribution in [2.45, 2.75) is 26.1 Å². The summed E-state index contributed by atoms with van der Waals surface area (Å²) in [4.78, 5) is 11.8. The first-order chi connectivity index (χ1) is 8.90. The minimum atomic E-state index is -1.28. The molecule has 2 atom stereocenters. The molecule has 0 fully saturated rings. The molecule has 19 heavy (non-hydrogen) atoms. The molecule has 5 heteroatoms. The van der Waals surface area contributed by atoms with Crippen molar-refractivity contribution < 1.29 is 24.5 Å². The average molecular weight is 262 g/mol. The summed E-state index contributed by atoms with van der Waals surface area (Å²) in [5, 5.41) is 19.4. The highest BCUT2D eigenvalue weighted by atomic mass is 16.7. The summed E-state index contributed by atoms with van der Waals surface area (Å²) in [5.41, 5.74) is 0.293. The van der Waals surface area contributed by atoms with Gasteiger partial charge in [0.05, 0.1) is 5.56 Å². The van der Waals surface area contributed by atoms with Crippen LogP contribution in [0.25, 0.3) is 0 Å². The SMILES string of the molecule is CC1CC(=O)C2=C1OC(C)(c1cc(O)ccc1O)O2. The lowest BCUT2D eigenvalue weighted by atomic mass is 10.0. The van der Waals surface area contributed by atoms with E-state index in [2.05, 4.69) is 0 Å². The van der Waals surface area contributed by atoms with Gasteiger partial charge >= 0.3 is 0 Å². The maximum Gasteiger partial charge on any atom is 0.278 e. The maximum atomic E-state index is 11.8. The lowest BCUT2D eigenvalue weighted by molar-refractivity contribution is -0.161. The van der Waals surface area contributed by atoms with Crippen LogP contribution in [-0.4, -0.2) is 16.0 Å². The molecule has 0 saturated carbocycles. The zero-order valence-electron chi connectivity index (χ0n) is 10.6. The number of hydrogen-bond donors (Lipinski definition) is 2. The third-order valence-electron chi connectivity index (χ3n) is 3.49. The van der Waals surface area contributed by atoms with Gasteiger partial charge in [-0.05, 0) is 18.2 Å². The number of rotatable bonds is 1. The Morgan fingerprint density at radius 2 is 2.05 bits per heavy atom. The second-order valence-corrected chi connectivity index (χ2v) is 5.07. The van der Waals surface area contributed by atoms with Crippen LogP contribution >= 0.6 is 0 Å². The molecule has 0 spiro atoms. The van der Waals surface area contributed by atoms with Gasteiger partial charge in [-0.1, -0.05) is 6.92 Å². The molecule has 1 aromatic carbocycles. The van der Waals surface area contributed by atoms with Crippen LogP contribution in [0.15, 0.2) is 29.7 Å². The van der Waals surface area contributed by atoms with E-state index in [1.54, 1.807) is 6.92 Å². The Bertz CT molecular complexity index is 604. The number of phenols is 2. The van der Waals surface area contributed by atoms with Crippen molar-refractivity contribution in [1.82, 2.24) is 0 Å². The predicted octanol–water partition coefficient (Wildman–Crippen LogP) is 2.14. The quantitative estimate of drug-likeness (QED) is 0.758. The number of carbonyl (C=O) groups excluding carboxylic acids is 1. The van der Waals surface area contributed by atoms with Crippen molar-refractivity contribution in [1.29, 1.82) is 0 Å². The Morgan fingerprint density at radius 3 is 2.74 bits per heavy atom. The van der Waals surface area contributed by atoms with Gasteiger partial charge in [-0.3, -0.25) is 4.79 Å². The molecule has 0 bridgehead atoms. The van der Waals surface area contributed by atoms with Crippen molar-refractivity contribution in [3.05, 3.63) is 35.3 Å². The van der Waals surface area contributed by atoms with E-state index in [0.717, 1.165) is 0 Å². The fraction of sp³-hybridized carbons (Fsp3) is 0.357. The van der Waals surface area contributed by atoms with Crippen LogP contribution < -0.4 is 0 Å². The number of Topliss-reactive ketones (excluding diaryl/α,β-unsaturated/α-hetero) is 1. The first kappa shape index (κ1) is 11.9. The fourth-order valence-electron chi connectivity index (χ4n) is 2.50. The van der Waals surface area contributed by atoms with Crippen molar-refractivity contribution >= 4 is 5.78 Å². The Morgan fingerprint density at radius 1 is 1.32 bits per heavy atom. The smallest absolute Gasteiger partial charge is 0.278 e. The zero-order chi connectivity index (χ0) is 13.8. The number of ether oxygens (including phenoxy) is 2. The predicted molar refractivity (Wildman–Crippen MR) is 65.1 cm³/mol. The molecule has 100 valence electrons. The van der Waals surface area contributed by atoms with Crippen LogP contribution in [0.3, 0.4) is 0 Å². The van der Waals surface area contributed by atoms with E-state index in [1.165, 1.54) is 18.2 Å². The number of aromatic hydroxyl groups is 2. The van der Waals surface area contributed by atoms with E-state index in [1.807, 2.05) is 6.92 Å². The fourth-order valence-corrected chi connectivity index (χ4v) is 2.50. The minimum Gasteiger partial charge on any atom is -0.508 e. The summed E-state index contributed by atoms with van der Waals surface area (Å²) in [6.07, 6.45) is 0.382. The average Bonchev–Trinajstić information content (AvgIpc) is 2.82. The molecule has 1 aliphatic carbocycles. The van der Waals surface area contributed by atoms with E-state index in [9.17, 15) is 15.0 Å². The van der Waals surface area contributed by atoms with Crippen LogP contribution in [0.2, 0.25) is 0 Å². The number of benzene rings is 1. The first-order valence-corrected chi connectivity index (χ1v) is 6.08. The normalized spacial score (nSPS) is 29.2. The van der Waals surface area contributed by atoms with Gasteiger partial charge < -0.3 is 19.7 Å². The highest BCUT2D eigenvalue weighted by molar-refractivity contribution is 5.97. The van der Waals surface area contributed by atoms with E-state index < -0.39 is 5.79 Å². The summed E-state index contributed by atoms with van der Waals surface area (Å²) in [6, 6.07) is 4.09. The van der Waals surface area contributed by atoms with Crippen LogP contribution in [0.5, 0.6) is 11.5 Å². The zero-order valence-corrected chi connectivity index (χ0v) is 10.6. The summed E-state index contributed by atoms with van der Waals surface area (Å²) in [5.74, 6) is -0.699. The molecule has 0 amide bonds. The maximum absolute atomic E-state index is 11.8. The summed E-state index contributed by atoms with van der Waals surface area (Å²) in [6.45, 7) is 3.50. The Labute approximate surface area is 110 Å². The number of allylic oxidation sites excluding steroid dienone is 2. The van der Waals surface area contributed by atoms with Crippen LogP contribution in [-0.2, 0) is 20.1 Å². The molecule has 1 aromatic rings. The van der Waals surface area contributed by atoms with Gasteiger partial charge in [-0.25, -0.2) is 0 Å². The second-order valence-electron chi connectivity index (χ2n) is 5.07. The van der Waals surface area contributed by atoms with Crippen LogP contribution in [0.1, 0.15) is 25.8 Å². The minimum absolute atomic E-state index is 0.00680. The third-order valence-corrected chi connectivity index (χ3v) is 3.49. The highest BCUT2D eigenvalue weighted by Gasteiger charge is 2.49. The molecule has 0 aromatic heterocycles. The molecule has 0 radical (unpaired) electrons. The van der Waals surface area contributed by atoms with Crippen molar-refractivity contribution in [3.8, 4) is 11.5 Å². The largest absolute Gasteiger partial charge is 0.508 e. The first-order valence-electron chi connectivity index (χ1n) is 6.08. The highest BCUT2D eigenvalue weighted by Crippen LogP contribution is 2.48. The molecule has 1 aliphatic heterocycles. The second kappa shape index (κ2) is 3.66. The van der Waals surface area contributed by atoms with Gasteiger partial charge in [0.2, 0.25) is 11.5 Å². The molecular formula is C14H14O5.